The molecule has 0 saturated carbocycles. The van der Waals surface area contributed by atoms with Crippen molar-refractivity contribution in [3.8, 4) is 0 Å². The molecule has 0 bridgehead atoms. The first-order chi connectivity index (χ1) is 11.2. The highest BCUT2D eigenvalue weighted by Gasteiger charge is 2.22. The minimum absolute atomic E-state index is 0.156. The van der Waals surface area contributed by atoms with Crippen LogP contribution in [0.2, 0.25) is 0 Å². The molecule has 0 fully saturated rings. The summed E-state index contributed by atoms with van der Waals surface area (Å²) in [4.78, 5) is 31.6. The molecule has 4 rings (SSSR count). The van der Waals surface area contributed by atoms with Gasteiger partial charge in [-0.25, -0.2) is 0 Å². The molecule has 23 heavy (non-hydrogen) atoms. The number of amides is 1. The van der Waals surface area contributed by atoms with Crippen molar-refractivity contribution in [2.75, 3.05) is 5.32 Å². The lowest BCUT2D eigenvalue weighted by molar-refractivity contribution is 0.0967. The second-order valence-electron chi connectivity index (χ2n) is 5.71. The summed E-state index contributed by atoms with van der Waals surface area (Å²) in [7, 11) is 0. The second-order valence-corrected chi connectivity index (χ2v) is 5.71. The Hall–Kier alpha value is -2.95. The molecule has 0 unspecified atom stereocenters. The highest BCUT2D eigenvalue weighted by molar-refractivity contribution is 6.08. The predicted octanol–water partition coefficient (Wildman–Crippen LogP) is 3.33. The Morgan fingerprint density at radius 1 is 1.22 bits per heavy atom. The number of nitrogens with zero attached hydrogens (tertiary/aromatic N) is 1. The van der Waals surface area contributed by atoms with Gasteiger partial charge in [-0.15, -0.1) is 0 Å². The molecule has 3 aromatic rings. The van der Waals surface area contributed by atoms with Crippen LogP contribution in [0.25, 0.3) is 10.9 Å². The number of hydrogen-bond acceptors (Lipinski definition) is 3. The van der Waals surface area contributed by atoms with E-state index in [1.165, 1.54) is 0 Å². The van der Waals surface area contributed by atoms with Crippen LogP contribution in [-0.2, 0) is 6.42 Å². The predicted molar refractivity (Wildman–Crippen MR) is 87.8 cm³/mol. The fourth-order valence-corrected chi connectivity index (χ4v) is 3.08. The molecule has 114 valence electrons. The normalized spacial score (nSPS) is 13.8. The monoisotopic (exact) mass is 305 g/mol. The number of H-pyrrole nitrogens is 1. The average Bonchev–Trinajstić information content (AvgIpc) is 2.95. The number of rotatable bonds is 2. The Labute approximate surface area is 132 Å². The van der Waals surface area contributed by atoms with Crippen LogP contribution >= 0.6 is 0 Å². The highest BCUT2D eigenvalue weighted by Crippen LogP contribution is 2.29. The lowest BCUT2D eigenvalue weighted by atomic mass is 9.94. The fraction of sp³-hybridized carbons (Fsp3) is 0.167. The number of aryl methyl sites for hydroxylation is 1. The molecule has 2 heterocycles. The van der Waals surface area contributed by atoms with Crippen molar-refractivity contribution in [3.63, 3.8) is 0 Å². The molecular formula is C18H15N3O2. The molecule has 1 aliphatic rings. The molecule has 0 saturated heterocycles. The molecule has 0 spiro atoms. The molecule has 2 aromatic heterocycles. The van der Waals surface area contributed by atoms with Gasteiger partial charge in [0.05, 0.1) is 17.6 Å². The zero-order valence-corrected chi connectivity index (χ0v) is 12.4. The van der Waals surface area contributed by atoms with Gasteiger partial charge >= 0.3 is 0 Å². The van der Waals surface area contributed by atoms with Gasteiger partial charge in [0, 0.05) is 29.1 Å². The van der Waals surface area contributed by atoms with E-state index in [0.29, 0.717) is 23.4 Å². The van der Waals surface area contributed by atoms with Crippen LogP contribution in [0.15, 0.2) is 42.7 Å². The van der Waals surface area contributed by atoms with Crippen molar-refractivity contribution in [1.29, 1.82) is 0 Å². The minimum Gasteiger partial charge on any atom is -0.352 e. The van der Waals surface area contributed by atoms with Gasteiger partial charge in [-0.2, -0.15) is 0 Å². The zero-order chi connectivity index (χ0) is 15.8. The number of pyridine rings is 1. The molecule has 0 radical (unpaired) electrons. The van der Waals surface area contributed by atoms with Crippen molar-refractivity contribution in [1.82, 2.24) is 9.97 Å². The van der Waals surface area contributed by atoms with Gasteiger partial charge in [0.15, 0.2) is 5.78 Å². The van der Waals surface area contributed by atoms with E-state index in [9.17, 15) is 9.59 Å². The summed E-state index contributed by atoms with van der Waals surface area (Å²) in [6.45, 7) is 0. The SMILES string of the molecule is O=C(Nc1cccnc1)c1ccc2[nH]c3c(c2c1)CCCC3=O. The van der Waals surface area contributed by atoms with Gasteiger partial charge in [0.2, 0.25) is 0 Å². The summed E-state index contributed by atoms with van der Waals surface area (Å²) in [5.74, 6) is -0.0270. The Bertz CT molecular complexity index is 913. The Morgan fingerprint density at radius 3 is 2.96 bits per heavy atom. The third kappa shape index (κ3) is 2.40. The Morgan fingerprint density at radius 2 is 2.13 bits per heavy atom. The van der Waals surface area contributed by atoms with Crippen LogP contribution in [0.5, 0.6) is 0 Å². The summed E-state index contributed by atoms with van der Waals surface area (Å²) in [5.41, 5.74) is 3.87. The molecule has 1 amide bonds. The standard InChI is InChI=1S/C18H15N3O2/c22-16-5-1-4-13-14-9-11(6-7-15(14)21-17(13)16)18(23)20-12-3-2-8-19-10-12/h2-3,6-10,21H,1,4-5H2,(H,20,23). The second kappa shape index (κ2) is 5.35. The first-order valence-corrected chi connectivity index (χ1v) is 7.61. The van der Waals surface area contributed by atoms with E-state index < -0.39 is 0 Å². The minimum atomic E-state index is -0.183. The lowest BCUT2D eigenvalue weighted by Crippen LogP contribution is -2.12. The van der Waals surface area contributed by atoms with E-state index in [1.807, 2.05) is 12.1 Å². The molecule has 1 aromatic carbocycles. The van der Waals surface area contributed by atoms with Gasteiger partial charge in [0.25, 0.3) is 5.91 Å². The molecule has 2 N–H and O–H groups in total. The number of nitrogens with one attached hydrogen (secondary N) is 2. The zero-order valence-electron chi connectivity index (χ0n) is 12.4. The van der Waals surface area contributed by atoms with Crippen LogP contribution in [0.4, 0.5) is 5.69 Å². The van der Waals surface area contributed by atoms with E-state index in [0.717, 1.165) is 29.3 Å². The quantitative estimate of drug-likeness (QED) is 0.762. The number of aromatic nitrogens is 2. The number of carbonyl (C=O) groups excluding carboxylic acids is 2. The van der Waals surface area contributed by atoms with E-state index in [-0.39, 0.29) is 11.7 Å². The van der Waals surface area contributed by atoms with Gasteiger partial charge < -0.3 is 10.3 Å². The van der Waals surface area contributed by atoms with Crippen LogP contribution in [-0.4, -0.2) is 21.7 Å². The average molecular weight is 305 g/mol. The Kier molecular flexibility index (Phi) is 3.19. The first-order valence-electron chi connectivity index (χ1n) is 7.61. The van der Waals surface area contributed by atoms with Crippen LogP contribution < -0.4 is 5.32 Å². The summed E-state index contributed by atoms with van der Waals surface area (Å²) >= 11 is 0. The maximum atomic E-state index is 12.4. The van der Waals surface area contributed by atoms with Crippen molar-refractivity contribution in [2.24, 2.45) is 0 Å². The van der Waals surface area contributed by atoms with Gasteiger partial charge in [-0.05, 0) is 48.7 Å². The van der Waals surface area contributed by atoms with Crippen LogP contribution in [0.3, 0.4) is 0 Å². The van der Waals surface area contributed by atoms with Gasteiger partial charge in [-0.1, -0.05) is 0 Å². The first kappa shape index (κ1) is 13.7. The number of hydrogen-bond donors (Lipinski definition) is 2. The van der Waals surface area contributed by atoms with E-state index >= 15 is 0 Å². The number of Topliss-reactive ketones (excluding diaryl/α,β-unsaturated/α-hetero) is 1. The van der Waals surface area contributed by atoms with Crippen molar-refractivity contribution in [2.45, 2.75) is 19.3 Å². The van der Waals surface area contributed by atoms with Gasteiger partial charge in [-0.3, -0.25) is 14.6 Å². The number of fused-ring (bicyclic) bond motifs is 3. The molecule has 0 aliphatic heterocycles. The van der Waals surface area contributed by atoms with Crippen LogP contribution in [0.1, 0.15) is 39.3 Å². The van der Waals surface area contributed by atoms with Crippen molar-refractivity contribution < 1.29 is 9.59 Å². The maximum Gasteiger partial charge on any atom is 0.255 e. The number of ketones is 1. The molecule has 5 nitrogen and oxygen atoms in total. The number of anilines is 1. The maximum absolute atomic E-state index is 12.4. The largest absolute Gasteiger partial charge is 0.352 e. The summed E-state index contributed by atoms with van der Waals surface area (Å²) in [5, 5.41) is 3.79. The van der Waals surface area contributed by atoms with E-state index in [2.05, 4.69) is 15.3 Å². The third-order valence-corrected chi connectivity index (χ3v) is 4.20. The topological polar surface area (TPSA) is 74.8 Å². The molecule has 0 atom stereocenters. The highest BCUT2D eigenvalue weighted by atomic mass is 16.1. The van der Waals surface area contributed by atoms with Crippen molar-refractivity contribution >= 4 is 28.3 Å². The molecule has 5 heteroatoms. The van der Waals surface area contributed by atoms with Gasteiger partial charge in [0.1, 0.15) is 0 Å². The number of carbonyl (C=O) groups is 2. The molecule has 1 aliphatic carbocycles. The fourth-order valence-electron chi connectivity index (χ4n) is 3.08. The number of aromatic amines is 1. The van der Waals surface area contributed by atoms with E-state index in [4.69, 9.17) is 0 Å². The molecular weight excluding hydrogens is 290 g/mol. The summed E-state index contributed by atoms with van der Waals surface area (Å²) in [6, 6.07) is 9.04. The summed E-state index contributed by atoms with van der Waals surface area (Å²) < 4.78 is 0. The van der Waals surface area contributed by atoms with E-state index in [1.54, 1.807) is 30.6 Å². The van der Waals surface area contributed by atoms with Crippen LogP contribution in [0, 0.1) is 0 Å². The lowest BCUT2D eigenvalue weighted by Gasteiger charge is -2.09. The Balaban J connectivity index is 1.71. The smallest absolute Gasteiger partial charge is 0.255 e. The third-order valence-electron chi connectivity index (χ3n) is 4.20. The summed E-state index contributed by atoms with van der Waals surface area (Å²) in [6.07, 6.45) is 5.59. The number of benzene rings is 1. The van der Waals surface area contributed by atoms with Crippen molar-refractivity contribution in [3.05, 3.63) is 59.5 Å².